The highest BCUT2D eigenvalue weighted by molar-refractivity contribution is 6.35. The average Bonchev–Trinajstić information content (AvgIpc) is 3.28. The minimum Gasteiger partial charge on any atom is -0.493 e. The topological polar surface area (TPSA) is 116 Å². The van der Waals surface area contributed by atoms with E-state index in [1.165, 1.54) is 26.4 Å². The van der Waals surface area contributed by atoms with Gasteiger partial charge in [-0.3, -0.25) is 9.59 Å². The van der Waals surface area contributed by atoms with Crippen molar-refractivity contribution in [2.45, 2.75) is 0 Å². The number of rotatable bonds is 8. The Labute approximate surface area is 187 Å². The van der Waals surface area contributed by atoms with Crippen molar-refractivity contribution < 1.29 is 23.6 Å². The molecule has 0 aliphatic carbocycles. The molecule has 0 saturated carbocycles. The lowest BCUT2D eigenvalue weighted by Gasteiger charge is -2.07. The standard InChI is InChI=1S/C20H18Cl2N4O5/c1-29-15-6-3-11(9-16(15)30-2)17-25-20(31-26-17)19(28)24-8-7-23-18(27)13-10-12(21)4-5-14(13)22/h3-6,9-10H,7-8H2,1-2H3,(H,23,27)(H,24,28). The van der Waals surface area contributed by atoms with Gasteiger partial charge >= 0.3 is 11.8 Å². The number of carbonyl (C=O) groups is 2. The second-order valence-corrected chi connectivity index (χ2v) is 6.97. The largest absolute Gasteiger partial charge is 0.493 e. The molecule has 31 heavy (non-hydrogen) atoms. The summed E-state index contributed by atoms with van der Waals surface area (Å²) in [7, 11) is 3.04. The zero-order valence-electron chi connectivity index (χ0n) is 16.6. The molecule has 0 bridgehead atoms. The highest BCUT2D eigenvalue weighted by Gasteiger charge is 2.17. The molecular weight excluding hydrogens is 447 g/mol. The van der Waals surface area contributed by atoms with E-state index in [1.807, 2.05) is 0 Å². The van der Waals surface area contributed by atoms with Gasteiger partial charge in [0.25, 0.3) is 5.91 Å². The number of nitrogens with one attached hydrogen (secondary N) is 2. The molecule has 3 rings (SSSR count). The van der Waals surface area contributed by atoms with E-state index < -0.39 is 11.8 Å². The van der Waals surface area contributed by atoms with E-state index in [9.17, 15) is 9.59 Å². The number of nitrogens with zero attached hydrogens (tertiary/aromatic N) is 2. The molecule has 0 unspecified atom stereocenters. The van der Waals surface area contributed by atoms with E-state index in [4.69, 9.17) is 37.2 Å². The molecule has 0 saturated heterocycles. The first-order valence-corrected chi connectivity index (χ1v) is 9.76. The number of halogens is 2. The molecule has 0 radical (unpaired) electrons. The van der Waals surface area contributed by atoms with Crippen LogP contribution in [0.3, 0.4) is 0 Å². The van der Waals surface area contributed by atoms with Crippen LogP contribution in [-0.4, -0.2) is 49.3 Å². The van der Waals surface area contributed by atoms with Gasteiger partial charge in [-0.1, -0.05) is 28.4 Å². The molecule has 162 valence electrons. The molecule has 0 fully saturated rings. The molecule has 0 aliphatic heterocycles. The van der Waals surface area contributed by atoms with Crippen LogP contribution < -0.4 is 20.1 Å². The van der Waals surface area contributed by atoms with E-state index in [1.54, 1.807) is 24.3 Å². The predicted octanol–water partition coefficient (Wildman–Crippen LogP) is 3.22. The normalized spacial score (nSPS) is 10.5. The Morgan fingerprint density at radius 1 is 0.968 bits per heavy atom. The van der Waals surface area contributed by atoms with Gasteiger partial charge in [-0.05, 0) is 36.4 Å². The van der Waals surface area contributed by atoms with Crippen LogP contribution in [0.1, 0.15) is 21.0 Å². The first-order valence-electron chi connectivity index (χ1n) is 9.00. The van der Waals surface area contributed by atoms with Crippen LogP contribution in [0.15, 0.2) is 40.9 Å². The lowest BCUT2D eigenvalue weighted by Crippen LogP contribution is -2.34. The zero-order chi connectivity index (χ0) is 22.4. The Hall–Kier alpha value is -3.30. The summed E-state index contributed by atoms with van der Waals surface area (Å²) in [6, 6.07) is 9.66. The molecule has 1 heterocycles. The van der Waals surface area contributed by atoms with Gasteiger partial charge in [-0.15, -0.1) is 0 Å². The SMILES string of the molecule is COc1ccc(-c2noc(C(=O)NCCNC(=O)c3cc(Cl)ccc3Cl)n2)cc1OC. The maximum Gasteiger partial charge on any atom is 0.316 e. The summed E-state index contributed by atoms with van der Waals surface area (Å²) in [6.07, 6.45) is 0. The summed E-state index contributed by atoms with van der Waals surface area (Å²) in [5.41, 5.74) is 0.836. The monoisotopic (exact) mass is 464 g/mol. The van der Waals surface area contributed by atoms with Crippen molar-refractivity contribution >= 4 is 35.0 Å². The molecule has 11 heteroatoms. The fourth-order valence-corrected chi connectivity index (χ4v) is 2.98. The second-order valence-electron chi connectivity index (χ2n) is 6.13. The van der Waals surface area contributed by atoms with Gasteiger partial charge in [-0.25, -0.2) is 0 Å². The number of hydrogen-bond donors (Lipinski definition) is 2. The van der Waals surface area contributed by atoms with Crippen LogP contribution in [0.5, 0.6) is 11.5 Å². The number of aromatic nitrogens is 2. The van der Waals surface area contributed by atoms with Crippen molar-refractivity contribution in [1.82, 2.24) is 20.8 Å². The first-order chi connectivity index (χ1) is 14.9. The smallest absolute Gasteiger partial charge is 0.316 e. The first kappa shape index (κ1) is 22.4. The molecule has 0 aliphatic rings. The third-order valence-corrected chi connectivity index (χ3v) is 4.70. The lowest BCUT2D eigenvalue weighted by atomic mass is 10.2. The predicted molar refractivity (Wildman–Crippen MR) is 114 cm³/mol. The Balaban J connectivity index is 1.54. The third-order valence-electron chi connectivity index (χ3n) is 4.13. The summed E-state index contributed by atoms with van der Waals surface area (Å²) in [4.78, 5) is 28.5. The van der Waals surface area contributed by atoms with Crippen molar-refractivity contribution in [3.8, 4) is 22.9 Å². The van der Waals surface area contributed by atoms with Crippen molar-refractivity contribution in [2.24, 2.45) is 0 Å². The van der Waals surface area contributed by atoms with E-state index in [0.29, 0.717) is 22.1 Å². The van der Waals surface area contributed by atoms with Crippen LogP contribution in [0.4, 0.5) is 0 Å². The Bertz CT molecular complexity index is 1100. The van der Waals surface area contributed by atoms with Gasteiger partial charge in [0, 0.05) is 23.7 Å². The molecule has 2 aromatic carbocycles. The Morgan fingerprint density at radius 2 is 1.68 bits per heavy atom. The Kier molecular flexibility index (Phi) is 7.32. The van der Waals surface area contributed by atoms with Crippen molar-refractivity contribution in [1.29, 1.82) is 0 Å². The van der Waals surface area contributed by atoms with E-state index in [0.717, 1.165) is 0 Å². The number of benzene rings is 2. The molecule has 9 nitrogen and oxygen atoms in total. The molecule has 3 aromatic rings. The lowest BCUT2D eigenvalue weighted by molar-refractivity contribution is 0.0898. The van der Waals surface area contributed by atoms with Crippen LogP contribution >= 0.6 is 23.2 Å². The van der Waals surface area contributed by atoms with Gasteiger partial charge in [0.15, 0.2) is 11.5 Å². The van der Waals surface area contributed by atoms with Gasteiger partial charge in [0.2, 0.25) is 5.82 Å². The minimum absolute atomic E-state index is 0.136. The fraction of sp³-hybridized carbons (Fsp3) is 0.200. The van der Waals surface area contributed by atoms with Crippen molar-refractivity contribution in [3.63, 3.8) is 0 Å². The molecule has 2 amide bonds. The molecular formula is C20H18Cl2N4O5. The highest BCUT2D eigenvalue weighted by atomic mass is 35.5. The van der Waals surface area contributed by atoms with Crippen molar-refractivity contribution in [2.75, 3.05) is 27.3 Å². The average molecular weight is 465 g/mol. The summed E-state index contributed by atoms with van der Waals surface area (Å²) < 4.78 is 15.5. The highest BCUT2D eigenvalue weighted by Crippen LogP contribution is 2.31. The quantitative estimate of drug-likeness (QED) is 0.491. The zero-order valence-corrected chi connectivity index (χ0v) is 18.1. The second kappa shape index (κ2) is 10.1. The van der Waals surface area contributed by atoms with Crippen LogP contribution in [0, 0.1) is 0 Å². The van der Waals surface area contributed by atoms with Gasteiger partial charge in [0.05, 0.1) is 24.8 Å². The number of ether oxygens (including phenoxy) is 2. The van der Waals surface area contributed by atoms with Gasteiger partial charge in [-0.2, -0.15) is 4.98 Å². The number of methoxy groups -OCH3 is 2. The summed E-state index contributed by atoms with van der Waals surface area (Å²) in [5.74, 6) is 0.0636. The van der Waals surface area contributed by atoms with Crippen molar-refractivity contribution in [3.05, 3.63) is 57.9 Å². The van der Waals surface area contributed by atoms with Crippen LogP contribution in [0.2, 0.25) is 10.0 Å². The Morgan fingerprint density at radius 3 is 2.39 bits per heavy atom. The number of carbonyl (C=O) groups excluding carboxylic acids is 2. The number of amides is 2. The molecule has 0 atom stereocenters. The van der Waals surface area contributed by atoms with E-state index in [-0.39, 0.29) is 35.4 Å². The van der Waals surface area contributed by atoms with Gasteiger partial charge < -0.3 is 24.6 Å². The third kappa shape index (κ3) is 5.44. The van der Waals surface area contributed by atoms with Crippen LogP contribution in [-0.2, 0) is 0 Å². The maximum atomic E-state index is 12.2. The fourth-order valence-electron chi connectivity index (χ4n) is 2.60. The van der Waals surface area contributed by atoms with Gasteiger partial charge in [0.1, 0.15) is 0 Å². The van der Waals surface area contributed by atoms with Crippen LogP contribution in [0.25, 0.3) is 11.4 Å². The maximum absolute atomic E-state index is 12.2. The molecule has 1 aromatic heterocycles. The van der Waals surface area contributed by atoms with E-state index >= 15 is 0 Å². The minimum atomic E-state index is -0.575. The summed E-state index contributed by atoms with van der Waals surface area (Å²) in [6.45, 7) is 0.293. The van der Waals surface area contributed by atoms with E-state index in [2.05, 4.69) is 20.8 Å². The molecule has 2 N–H and O–H groups in total. The summed E-state index contributed by atoms with van der Waals surface area (Å²) in [5, 5.41) is 9.71. The molecule has 0 spiro atoms. The summed E-state index contributed by atoms with van der Waals surface area (Å²) >= 11 is 11.9. The number of hydrogen-bond acceptors (Lipinski definition) is 7.